The summed E-state index contributed by atoms with van der Waals surface area (Å²) < 4.78 is 13.1. The number of hydrogen-bond donors (Lipinski definition) is 1. The Morgan fingerprint density at radius 1 is 1.44 bits per heavy atom. The number of carboxylic acid groups (broad SMARTS) is 1. The molecule has 0 spiro atoms. The second-order valence-electron chi connectivity index (χ2n) is 4.52. The summed E-state index contributed by atoms with van der Waals surface area (Å²) in [6, 6.07) is 4.09. The zero-order valence-electron chi connectivity index (χ0n) is 10.0. The largest absolute Gasteiger partial charge is 0.480 e. The number of benzene rings is 1. The van der Waals surface area contributed by atoms with Crippen LogP contribution in [0.5, 0.6) is 0 Å². The minimum absolute atomic E-state index is 0.0129. The maximum absolute atomic E-state index is 13.1. The Hall–Kier alpha value is -1.91. The van der Waals surface area contributed by atoms with Gasteiger partial charge in [-0.2, -0.15) is 0 Å². The predicted molar refractivity (Wildman–Crippen MR) is 62.8 cm³/mol. The monoisotopic (exact) mass is 251 g/mol. The molecular formula is C13H14FNO3. The van der Waals surface area contributed by atoms with Gasteiger partial charge in [0.25, 0.3) is 5.91 Å². The number of aryl methyl sites for hydroxylation is 1. The van der Waals surface area contributed by atoms with Crippen LogP contribution in [-0.4, -0.2) is 34.5 Å². The van der Waals surface area contributed by atoms with E-state index < -0.39 is 5.97 Å². The highest BCUT2D eigenvalue weighted by atomic mass is 19.1. The lowest BCUT2D eigenvalue weighted by molar-refractivity contribution is -0.137. The van der Waals surface area contributed by atoms with Crippen molar-refractivity contribution in [3.63, 3.8) is 0 Å². The Labute approximate surface area is 104 Å². The Morgan fingerprint density at radius 3 is 2.61 bits per heavy atom. The van der Waals surface area contributed by atoms with E-state index in [0.29, 0.717) is 11.1 Å². The van der Waals surface area contributed by atoms with Gasteiger partial charge >= 0.3 is 5.97 Å². The van der Waals surface area contributed by atoms with Crippen LogP contribution in [-0.2, 0) is 4.79 Å². The summed E-state index contributed by atoms with van der Waals surface area (Å²) in [7, 11) is 0. The first-order valence-electron chi connectivity index (χ1n) is 5.78. The predicted octanol–water partition coefficient (Wildman–Crippen LogP) is 1.82. The first-order chi connectivity index (χ1) is 8.49. The van der Waals surface area contributed by atoms with Crippen molar-refractivity contribution in [2.45, 2.75) is 25.8 Å². The Bertz CT molecular complexity index is 497. The molecule has 2 rings (SSSR count). The minimum atomic E-state index is -1.03. The number of carbonyl (C=O) groups is 2. The quantitative estimate of drug-likeness (QED) is 0.888. The Morgan fingerprint density at radius 2 is 2.11 bits per heavy atom. The normalized spacial score (nSPS) is 14.3. The summed E-state index contributed by atoms with van der Waals surface area (Å²) >= 11 is 0. The van der Waals surface area contributed by atoms with Gasteiger partial charge in [-0.3, -0.25) is 9.59 Å². The van der Waals surface area contributed by atoms with E-state index in [-0.39, 0.29) is 24.3 Å². The molecule has 96 valence electrons. The van der Waals surface area contributed by atoms with Crippen molar-refractivity contribution in [1.29, 1.82) is 0 Å². The molecule has 0 atom stereocenters. The van der Waals surface area contributed by atoms with Crippen molar-refractivity contribution >= 4 is 11.9 Å². The van der Waals surface area contributed by atoms with Crippen LogP contribution in [0, 0.1) is 12.7 Å². The molecule has 0 aliphatic heterocycles. The zero-order chi connectivity index (χ0) is 13.3. The van der Waals surface area contributed by atoms with Crippen LogP contribution >= 0.6 is 0 Å². The van der Waals surface area contributed by atoms with Gasteiger partial charge in [0.1, 0.15) is 12.4 Å². The fourth-order valence-corrected chi connectivity index (χ4v) is 1.84. The molecule has 1 aliphatic carbocycles. The molecule has 5 heteroatoms. The third kappa shape index (κ3) is 2.67. The summed E-state index contributed by atoms with van der Waals surface area (Å²) in [5.41, 5.74) is 0.717. The number of aliphatic carboxylic acids is 1. The van der Waals surface area contributed by atoms with E-state index >= 15 is 0 Å². The summed E-state index contributed by atoms with van der Waals surface area (Å²) in [6.45, 7) is 1.27. The average molecular weight is 251 g/mol. The summed E-state index contributed by atoms with van der Waals surface area (Å²) in [4.78, 5) is 24.3. The van der Waals surface area contributed by atoms with Crippen LogP contribution in [0.4, 0.5) is 4.39 Å². The van der Waals surface area contributed by atoms with Crippen molar-refractivity contribution in [3.8, 4) is 0 Å². The van der Waals surface area contributed by atoms with Gasteiger partial charge in [0.05, 0.1) is 0 Å². The lowest BCUT2D eigenvalue weighted by Crippen LogP contribution is -2.37. The smallest absolute Gasteiger partial charge is 0.323 e. The van der Waals surface area contributed by atoms with Crippen LogP contribution in [0.1, 0.15) is 28.8 Å². The van der Waals surface area contributed by atoms with Gasteiger partial charge in [-0.05, 0) is 43.5 Å². The number of carboxylic acids is 1. The fourth-order valence-electron chi connectivity index (χ4n) is 1.84. The Kier molecular flexibility index (Phi) is 3.32. The maximum atomic E-state index is 13.1. The van der Waals surface area contributed by atoms with E-state index in [1.807, 2.05) is 0 Å². The van der Waals surface area contributed by atoms with Gasteiger partial charge in [-0.15, -0.1) is 0 Å². The standard InChI is InChI=1S/C13H14FNO3/c1-8-6-9(2-5-11(8)14)13(18)15(7-12(16)17)10-3-4-10/h2,5-6,10H,3-4,7H2,1H3,(H,16,17). The number of halogens is 1. The number of amides is 1. The SMILES string of the molecule is Cc1cc(C(=O)N(CC(=O)O)C2CC2)ccc1F. The van der Waals surface area contributed by atoms with Crippen molar-refractivity contribution in [3.05, 3.63) is 35.1 Å². The zero-order valence-corrected chi connectivity index (χ0v) is 10.0. The third-order valence-electron chi connectivity index (χ3n) is 2.96. The number of nitrogens with zero attached hydrogens (tertiary/aromatic N) is 1. The molecule has 1 saturated carbocycles. The van der Waals surface area contributed by atoms with Crippen LogP contribution in [0.3, 0.4) is 0 Å². The highest BCUT2D eigenvalue weighted by Crippen LogP contribution is 2.28. The molecular weight excluding hydrogens is 237 g/mol. The molecule has 4 nitrogen and oxygen atoms in total. The minimum Gasteiger partial charge on any atom is -0.480 e. The van der Waals surface area contributed by atoms with Gasteiger partial charge < -0.3 is 10.0 Å². The van der Waals surface area contributed by atoms with Gasteiger partial charge in [0.15, 0.2) is 0 Å². The second-order valence-corrected chi connectivity index (χ2v) is 4.52. The molecule has 1 fully saturated rings. The molecule has 1 aliphatic rings. The molecule has 0 radical (unpaired) electrons. The summed E-state index contributed by atoms with van der Waals surface area (Å²) in [5.74, 6) is -1.75. The van der Waals surface area contributed by atoms with Gasteiger partial charge in [0, 0.05) is 11.6 Å². The molecule has 0 saturated heterocycles. The lowest BCUT2D eigenvalue weighted by Gasteiger charge is -2.20. The molecule has 1 N–H and O–H groups in total. The topological polar surface area (TPSA) is 57.6 Å². The molecule has 0 bridgehead atoms. The van der Waals surface area contributed by atoms with E-state index in [0.717, 1.165) is 12.8 Å². The number of hydrogen-bond acceptors (Lipinski definition) is 2. The first-order valence-corrected chi connectivity index (χ1v) is 5.78. The second kappa shape index (κ2) is 4.76. The van der Waals surface area contributed by atoms with E-state index in [1.54, 1.807) is 6.92 Å². The van der Waals surface area contributed by atoms with Gasteiger partial charge in [-0.25, -0.2) is 4.39 Å². The van der Waals surface area contributed by atoms with E-state index in [4.69, 9.17) is 5.11 Å². The fraction of sp³-hybridized carbons (Fsp3) is 0.385. The first kappa shape index (κ1) is 12.5. The molecule has 1 aromatic rings. The van der Waals surface area contributed by atoms with Crippen molar-refractivity contribution in [2.75, 3.05) is 6.54 Å². The lowest BCUT2D eigenvalue weighted by atomic mass is 10.1. The van der Waals surface area contributed by atoms with Crippen molar-refractivity contribution in [2.24, 2.45) is 0 Å². The molecule has 1 amide bonds. The molecule has 1 aromatic carbocycles. The molecule has 0 heterocycles. The van der Waals surface area contributed by atoms with Crippen molar-refractivity contribution in [1.82, 2.24) is 4.90 Å². The highest BCUT2D eigenvalue weighted by Gasteiger charge is 2.34. The van der Waals surface area contributed by atoms with Crippen LogP contribution in [0.15, 0.2) is 18.2 Å². The Balaban J connectivity index is 2.21. The number of carbonyl (C=O) groups excluding carboxylic acids is 1. The average Bonchev–Trinajstić information content (AvgIpc) is 3.12. The highest BCUT2D eigenvalue weighted by molar-refractivity contribution is 5.96. The molecule has 18 heavy (non-hydrogen) atoms. The van der Waals surface area contributed by atoms with Crippen molar-refractivity contribution < 1.29 is 19.1 Å². The van der Waals surface area contributed by atoms with Crippen LogP contribution in [0.2, 0.25) is 0 Å². The van der Waals surface area contributed by atoms with E-state index in [2.05, 4.69) is 0 Å². The molecule has 0 unspecified atom stereocenters. The van der Waals surface area contributed by atoms with Crippen LogP contribution in [0.25, 0.3) is 0 Å². The van der Waals surface area contributed by atoms with Gasteiger partial charge in [-0.1, -0.05) is 0 Å². The summed E-state index contributed by atoms with van der Waals surface area (Å²) in [5, 5.41) is 8.80. The summed E-state index contributed by atoms with van der Waals surface area (Å²) in [6.07, 6.45) is 1.67. The maximum Gasteiger partial charge on any atom is 0.323 e. The molecule has 0 aromatic heterocycles. The number of rotatable bonds is 4. The van der Waals surface area contributed by atoms with Gasteiger partial charge in [0.2, 0.25) is 0 Å². The van der Waals surface area contributed by atoms with E-state index in [1.165, 1.54) is 23.1 Å². The third-order valence-corrected chi connectivity index (χ3v) is 2.96. The van der Waals surface area contributed by atoms with Crippen LogP contribution < -0.4 is 0 Å². The van der Waals surface area contributed by atoms with E-state index in [9.17, 15) is 14.0 Å².